The molecule has 7 heteroatoms. The summed E-state index contributed by atoms with van der Waals surface area (Å²) >= 11 is 5.04. The summed E-state index contributed by atoms with van der Waals surface area (Å²) in [5.74, 6) is 0.449. The molecular weight excluding hydrogens is 425 g/mol. The van der Waals surface area contributed by atoms with Crippen LogP contribution >= 0.6 is 39.7 Å². The van der Waals surface area contributed by atoms with Crippen LogP contribution in [-0.4, -0.2) is 9.97 Å². The zero-order valence-corrected chi connectivity index (χ0v) is 16.0. The molecule has 0 aliphatic heterocycles. The van der Waals surface area contributed by atoms with Crippen molar-refractivity contribution in [3.05, 3.63) is 70.5 Å². The zero-order chi connectivity index (χ0) is 16.5. The van der Waals surface area contributed by atoms with E-state index in [9.17, 15) is 4.39 Å². The second-order valence-electron chi connectivity index (χ2n) is 5.19. The average Bonchev–Trinajstić information content (AvgIpc) is 3.03. The van der Waals surface area contributed by atoms with Gasteiger partial charge in [0, 0.05) is 21.1 Å². The van der Waals surface area contributed by atoms with Crippen LogP contribution in [0.15, 0.2) is 64.7 Å². The van der Waals surface area contributed by atoms with Gasteiger partial charge in [-0.3, -0.25) is 0 Å². The van der Waals surface area contributed by atoms with E-state index in [-0.39, 0.29) is 18.2 Å². The molecular formula is C18H12BrClFN3S. The molecule has 2 aromatic heterocycles. The molecule has 0 amide bonds. The maximum atomic E-state index is 13.1. The van der Waals surface area contributed by atoms with Crippen LogP contribution in [0.3, 0.4) is 0 Å². The fourth-order valence-corrected chi connectivity index (χ4v) is 3.66. The molecule has 0 unspecified atom stereocenters. The van der Waals surface area contributed by atoms with E-state index in [4.69, 9.17) is 0 Å². The van der Waals surface area contributed by atoms with Crippen molar-refractivity contribution in [1.82, 2.24) is 9.97 Å². The largest absolute Gasteiger partial charge is 0.340 e. The van der Waals surface area contributed by atoms with Gasteiger partial charge in [0.05, 0.1) is 5.39 Å². The second-order valence-corrected chi connectivity index (χ2v) is 6.96. The molecule has 3 nitrogen and oxygen atoms in total. The van der Waals surface area contributed by atoms with Gasteiger partial charge in [-0.2, -0.15) is 0 Å². The minimum atomic E-state index is -0.264. The summed E-state index contributed by atoms with van der Waals surface area (Å²) in [7, 11) is 0. The van der Waals surface area contributed by atoms with Gasteiger partial charge >= 0.3 is 0 Å². The van der Waals surface area contributed by atoms with E-state index < -0.39 is 0 Å². The number of aromatic nitrogens is 2. The van der Waals surface area contributed by atoms with Crippen LogP contribution in [0.5, 0.6) is 0 Å². The van der Waals surface area contributed by atoms with E-state index in [0.717, 1.165) is 31.5 Å². The molecule has 25 heavy (non-hydrogen) atoms. The summed E-state index contributed by atoms with van der Waals surface area (Å²) in [5.41, 5.74) is 2.96. The van der Waals surface area contributed by atoms with Crippen molar-refractivity contribution in [3.8, 4) is 11.1 Å². The summed E-state index contributed by atoms with van der Waals surface area (Å²) in [4.78, 5) is 9.65. The number of nitrogens with one attached hydrogen (secondary N) is 1. The van der Waals surface area contributed by atoms with Crippen LogP contribution < -0.4 is 5.32 Å². The Morgan fingerprint density at radius 2 is 1.68 bits per heavy atom. The maximum Gasteiger partial charge on any atom is 0.143 e. The number of fused-ring (bicyclic) bond motifs is 1. The lowest BCUT2D eigenvalue weighted by Gasteiger charge is -2.08. The standard InChI is InChI=1S/C18H11BrFN3S.ClH/c19-12-3-1-11(2-4-12)15-9-24-18-16(15)17(21-10-22-18)23-14-7-5-13(20)6-8-14;/h1-10H,(H,21,22,23);1H. The smallest absolute Gasteiger partial charge is 0.143 e. The number of rotatable bonds is 3. The monoisotopic (exact) mass is 435 g/mol. The minimum absolute atomic E-state index is 0. The van der Waals surface area contributed by atoms with Gasteiger partial charge in [-0.25, -0.2) is 14.4 Å². The molecule has 0 saturated carbocycles. The maximum absolute atomic E-state index is 13.1. The van der Waals surface area contributed by atoms with Gasteiger partial charge in [-0.15, -0.1) is 23.7 Å². The topological polar surface area (TPSA) is 37.8 Å². The Kier molecular flexibility index (Phi) is 5.32. The molecule has 0 bridgehead atoms. The average molecular weight is 437 g/mol. The van der Waals surface area contributed by atoms with Crippen LogP contribution in [-0.2, 0) is 0 Å². The summed E-state index contributed by atoms with van der Waals surface area (Å²) in [6, 6.07) is 14.4. The highest BCUT2D eigenvalue weighted by atomic mass is 79.9. The Balaban J connectivity index is 0.00000182. The van der Waals surface area contributed by atoms with E-state index in [1.807, 2.05) is 12.1 Å². The van der Waals surface area contributed by atoms with Crippen molar-refractivity contribution >= 4 is 61.4 Å². The molecule has 0 spiro atoms. The fourth-order valence-electron chi connectivity index (χ4n) is 2.48. The Hall–Kier alpha value is -2.02. The van der Waals surface area contributed by atoms with E-state index in [1.54, 1.807) is 23.5 Å². The lowest BCUT2D eigenvalue weighted by atomic mass is 10.1. The van der Waals surface area contributed by atoms with Crippen LogP contribution in [0.25, 0.3) is 21.3 Å². The minimum Gasteiger partial charge on any atom is -0.340 e. The van der Waals surface area contributed by atoms with Crippen molar-refractivity contribution in [2.45, 2.75) is 0 Å². The third-order valence-corrected chi connectivity index (χ3v) is 5.05. The Bertz CT molecular complexity index is 1000. The lowest BCUT2D eigenvalue weighted by Crippen LogP contribution is -1.95. The molecule has 0 atom stereocenters. The highest BCUT2D eigenvalue weighted by Crippen LogP contribution is 2.37. The van der Waals surface area contributed by atoms with Crippen LogP contribution in [0.2, 0.25) is 0 Å². The number of hydrogen-bond donors (Lipinski definition) is 1. The number of thiophene rings is 1. The molecule has 0 aliphatic carbocycles. The molecule has 0 fully saturated rings. The van der Waals surface area contributed by atoms with Gasteiger partial charge in [0.1, 0.15) is 22.8 Å². The van der Waals surface area contributed by atoms with Crippen molar-refractivity contribution in [3.63, 3.8) is 0 Å². The predicted octanol–water partition coefficient (Wildman–Crippen LogP) is 6.43. The molecule has 0 aliphatic rings. The molecule has 2 aromatic carbocycles. The Labute approximate surface area is 162 Å². The van der Waals surface area contributed by atoms with Gasteiger partial charge in [0.2, 0.25) is 0 Å². The first kappa shape index (κ1) is 17.8. The SMILES string of the molecule is Cl.Fc1ccc(Nc2ncnc3scc(-c4ccc(Br)cc4)c23)cc1. The van der Waals surface area contributed by atoms with Gasteiger partial charge < -0.3 is 5.32 Å². The fraction of sp³-hybridized carbons (Fsp3) is 0. The molecule has 0 saturated heterocycles. The van der Waals surface area contributed by atoms with E-state index in [0.29, 0.717) is 5.82 Å². The van der Waals surface area contributed by atoms with E-state index in [2.05, 4.69) is 48.7 Å². The molecule has 1 N–H and O–H groups in total. The van der Waals surface area contributed by atoms with Crippen LogP contribution in [0, 0.1) is 5.82 Å². The molecule has 4 aromatic rings. The van der Waals surface area contributed by atoms with Gasteiger partial charge in [0.25, 0.3) is 0 Å². The summed E-state index contributed by atoms with van der Waals surface area (Å²) in [5, 5.41) is 6.31. The van der Waals surface area contributed by atoms with Gasteiger partial charge in [-0.05, 0) is 42.0 Å². The Morgan fingerprint density at radius 3 is 2.40 bits per heavy atom. The normalized spacial score (nSPS) is 10.5. The van der Waals surface area contributed by atoms with Crippen molar-refractivity contribution in [2.75, 3.05) is 5.32 Å². The number of anilines is 2. The van der Waals surface area contributed by atoms with Gasteiger partial charge in [-0.1, -0.05) is 28.1 Å². The van der Waals surface area contributed by atoms with Gasteiger partial charge in [0.15, 0.2) is 0 Å². The number of halogens is 3. The number of benzene rings is 2. The van der Waals surface area contributed by atoms with Crippen molar-refractivity contribution in [1.29, 1.82) is 0 Å². The lowest BCUT2D eigenvalue weighted by molar-refractivity contribution is 0.628. The molecule has 0 radical (unpaired) electrons. The van der Waals surface area contributed by atoms with E-state index in [1.165, 1.54) is 18.5 Å². The molecule has 2 heterocycles. The first-order valence-electron chi connectivity index (χ1n) is 7.21. The second kappa shape index (κ2) is 7.47. The number of nitrogens with zero attached hydrogens (tertiary/aromatic N) is 2. The first-order valence-corrected chi connectivity index (χ1v) is 8.89. The predicted molar refractivity (Wildman–Crippen MR) is 107 cm³/mol. The molecule has 4 rings (SSSR count). The zero-order valence-electron chi connectivity index (χ0n) is 12.7. The molecule has 126 valence electrons. The Morgan fingerprint density at radius 1 is 0.960 bits per heavy atom. The summed E-state index contributed by atoms with van der Waals surface area (Å²) in [6.45, 7) is 0. The third kappa shape index (κ3) is 3.66. The quantitative estimate of drug-likeness (QED) is 0.402. The summed E-state index contributed by atoms with van der Waals surface area (Å²) in [6.07, 6.45) is 1.54. The third-order valence-electron chi connectivity index (χ3n) is 3.63. The van der Waals surface area contributed by atoms with Crippen LogP contribution in [0.4, 0.5) is 15.9 Å². The first-order chi connectivity index (χ1) is 11.7. The number of hydrogen-bond acceptors (Lipinski definition) is 4. The van der Waals surface area contributed by atoms with Crippen molar-refractivity contribution < 1.29 is 4.39 Å². The van der Waals surface area contributed by atoms with Crippen molar-refractivity contribution in [2.24, 2.45) is 0 Å². The highest BCUT2D eigenvalue weighted by Gasteiger charge is 2.13. The van der Waals surface area contributed by atoms with Crippen LogP contribution in [0.1, 0.15) is 0 Å². The van der Waals surface area contributed by atoms with E-state index >= 15 is 0 Å². The highest BCUT2D eigenvalue weighted by molar-refractivity contribution is 9.10. The summed E-state index contributed by atoms with van der Waals surface area (Å²) < 4.78 is 14.1.